The normalized spacial score (nSPS) is 25.9. The lowest BCUT2D eigenvalue weighted by atomic mass is 10.2. The number of aliphatic hydroxyl groups is 2. The van der Waals surface area contributed by atoms with Gasteiger partial charge >= 0.3 is 0 Å². The summed E-state index contributed by atoms with van der Waals surface area (Å²) in [5.74, 6) is 0. The van der Waals surface area contributed by atoms with E-state index >= 15 is 0 Å². The van der Waals surface area contributed by atoms with E-state index in [0.717, 1.165) is 11.1 Å². The standard InChI is InChI=1S/C13H16ClN3O3S/c1-6-3-7-11(14)15-13(21-2)16-12(7)17(6)10-4-8(19)9(5-18)20-10/h3,8-10,18-19H,4-5H2,1-2H3/t8-,9+,10+/m0/s1. The van der Waals surface area contributed by atoms with Gasteiger partial charge in [-0.05, 0) is 19.2 Å². The fourth-order valence-electron chi connectivity index (χ4n) is 2.66. The van der Waals surface area contributed by atoms with Gasteiger partial charge in [-0.25, -0.2) is 9.97 Å². The highest BCUT2D eigenvalue weighted by molar-refractivity contribution is 7.98. The van der Waals surface area contributed by atoms with E-state index in [2.05, 4.69) is 9.97 Å². The van der Waals surface area contributed by atoms with Crippen LogP contribution in [0.25, 0.3) is 11.0 Å². The molecule has 1 fully saturated rings. The lowest BCUT2D eigenvalue weighted by molar-refractivity contribution is -0.0436. The highest BCUT2D eigenvalue weighted by atomic mass is 35.5. The van der Waals surface area contributed by atoms with E-state index in [1.807, 2.05) is 23.8 Å². The molecule has 3 atom stereocenters. The SMILES string of the molecule is CSc1nc(Cl)c2cc(C)n([C@H]3C[C@H](O)[C@@H](CO)O3)c2n1. The first-order valence-corrected chi connectivity index (χ1v) is 8.19. The molecule has 2 N–H and O–H groups in total. The molecule has 0 aromatic carbocycles. The molecule has 1 aliphatic heterocycles. The van der Waals surface area contributed by atoms with Gasteiger partial charge in [0.15, 0.2) is 5.16 Å². The fraction of sp³-hybridized carbons (Fsp3) is 0.538. The summed E-state index contributed by atoms with van der Waals surface area (Å²) in [6.45, 7) is 1.72. The van der Waals surface area contributed by atoms with Crippen LogP contribution in [0, 0.1) is 6.92 Å². The van der Waals surface area contributed by atoms with Gasteiger partial charge in [-0.15, -0.1) is 0 Å². The smallest absolute Gasteiger partial charge is 0.190 e. The van der Waals surface area contributed by atoms with Gasteiger partial charge in [0.2, 0.25) is 0 Å². The van der Waals surface area contributed by atoms with E-state index in [1.165, 1.54) is 11.8 Å². The topological polar surface area (TPSA) is 80.4 Å². The van der Waals surface area contributed by atoms with E-state index in [9.17, 15) is 10.2 Å². The van der Waals surface area contributed by atoms with Gasteiger partial charge in [0.05, 0.1) is 18.1 Å². The average molecular weight is 330 g/mol. The van der Waals surface area contributed by atoms with Crippen molar-refractivity contribution in [3.8, 4) is 0 Å². The zero-order chi connectivity index (χ0) is 15.1. The van der Waals surface area contributed by atoms with Crippen molar-refractivity contribution in [1.29, 1.82) is 0 Å². The molecule has 0 saturated carbocycles. The molecule has 21 heavy (non-hydrogen) atoms. The van der Waals surface area contributed by atoms with Gasteiger partial charge < -0.3 is 19.5 Å². The third-order valence-electron chi connectivity index (χ3n) is 3.67. The summed E-state index contributed by atoms with van der Waals surface area (Å²) in [7, 11) is 0. The number of hydrogen-bond acceptors (Lipinski definition) is 6. The van der Waals surface area contributed by atoms with Gasteiger partial charge in [0, 0.05) is 12.1 Å². The number of fused-ring (bicyclic) bond motifs is 1. The first-order chi connectivity index (χ1) is 10.0. The molecule has 3 heterocycles. The van der Waals surface area contributed by atoms with Crippen LogP contribution in [0.4, 0.5) is 0 Å². The van der Waals surface area contributed by atoms with Crippen LogP contribution in [0.15, 0.2) is 11.2 Å². The van der Waals surface area contributed by atoms with Gasteiger partial charge in [-0.3, -0.25) is 0 Å². The average Bonchev–Trinajstić information content (AvgIpc) is 2.98. The van der Waals surface area contributed by atoms with Crippen LogP contribution < -0.4 is 0 Å². The lowest BCUT2D eigenvalue weighted by Crippen LogP contribution is -2.24. The van der Waals surface area contributed by atoms with Crippen molar-refractivity contribution in [2.24, 2.45) is 0 Å². The quantitative estimate of drug-likeness (QED) is 0.507. The zero-order valence-corrected chi connectivity index (χ0v) is 13.2. The van der Waals surface area contributed by atoms with E-state index in [0.29, 0.717) is 22.4 Å². The number of aromatic nitrogens is 3. The molecule has 3 rings (SSSR count). The van der Waals surface area contributed by atoms with Crippen LogP contribution in [-0.4, -0.2) is 49.8 Å². The number of aryl methyl sites for hydroxylation is 1. The number of rotatable bonds is 3. The van der Waals surface area contributed by atoms with Crippen molar-refractivity contribution in [1.82, 2.24) is 14.5 Å². The third-order valence-corrected chi connectivity index (χ3v) is 4.51. The maximum Gasteiger partial charge on any atom is 0.190 e. The maximum absolute atomic E-state index is 9.92. The van der Waals surface area contributed by atoms with Crippen LogP contribution in [0.2, 0.25) is 5.15 Å². The molecule has 0 bridgehead atoms. The molecule has 1 aliphatic rings. The Morgan fingerprint density at radius 1 is 1.52 bits per heavy atom. The molecular formula is C13H16ClN3O3S. The second-order valence-corrected chi connectivity index (χ2v) is 6.14. The Bertz CT molecular complexity index is 678. The molecule has 8 heteroatoms. The second kappa shape index (κ2) is 5.73. The molecule has 1 saturated heterocycles. The minimum Gasteiger partial charge on any atom is -0.394 e. The number of thioether (sulfide) groups is 1. The fourth-order valence-corrected chi connectivity index (χ4v) is 3.29. The van der Waals surface area contributed by atoms with Crippen molar-refractivity contribution in [3.05, 3.63) is 16.9 Å². The summed E-state index contributed by atoms with van der Waals surface area (Å²) in [6.07, 6.45) is 0.676. The number of ether oxygens (including phenoxy) is 1. The summed E-state index contributed by atoms with van der Waals surface area (Å²) in [4.78, 5) is 8.72. The Kier molecular flexibility index (Phi) is 4.11. The first-order valence-electron chi connectivity index (χ1n) is 6.58. The van der Waals surface area contributed by atoms with Crippen molar-refractivity contribution < 1.29 is 14.9 Å². The van der Waals surface area contributed by atoms with E-state index < -0.39 is 12.2 Å². The molecule has 0 spiro atoms. The minimum absolute atomic E-state index is 0.207. The summed E-state index contributed by atoms with van der Waals surface area (Å²) in [5.41, 5.74) is 1.61. The number of nitrogens with zero attached hydrogens (tertiary/aromatic N) is 3. The van der Waals surface area contributed by atoms with Crippen LogP contribution in [0.3, 0.4) is 0 Å². The monoisotopic (exact) mass is 329 g/mol. The van der Waals surface area contributed by atoms with Gasteiger partial charge in [0.1, 0.15) is 23.1 Å². The third kappa shape index (κ3) is 2.53. The molecule has 114 valence electrons. The molecule has 2 aromatic heterocycles. The Morgan fingerprint density at radius 2 is 2.29 bits per heavy atom. The summed E-state index contributed by atoms with van der Waals surface area (Å²) in [5, 5.41) is 20.9. The maximum atomic E-state index is 9.92. The Hall–Kier alpha value is -0.860. The van der Waals surface area contributed by atoms with Crippen molar-refractivity contribution in [3.63, 3.8) is 0 Å². The Morgan fingerprint density at radius 3 is 2.90 bits per heavy atom. The van der Waals surface area contributed by atoms with Gasteiger partial charge in [-0.2, -0.15) is 0 Å². The number of hydrogen-bond donors (Lipinski definition) is 2. The summed E-state index contributed by atoms with van der Waals surface area (Å²) in [6, 6.07) is 1.91. The van der Waals surface area contributed by atoms with Gasteiger partial charge in [0.25, 0.3) is 0 Å². The summed E-state index contributed by atoms with van der Waals surface area (Å²) >= 11 is 7.62. The molecule has 0 unspecified atom stereocenters. The molecular weight excluding hydrogens is 314 g/mol. The second-order valence-electron chi connectivity index (χ2n) is 5.01. The largest absolute Gasteiger partial charge is 0.394 e. The van der Waals surface area contributed by atoms with Crippen LogP contribution in [0.1, 0.15) is 18.3 Å². The predicted molar refractivity (Wildman–Crippen MR) is 80.7 cm³/mol. The molecule has 0 amide bonds. The zero-order valence-electron chi connectivity index (χ0n) is 11.7. The molecule has 6 nitrogen and oxygen atoms in total. The highest BCUT2D eigenvalue weighted by Crippen LogP contribution is 2.35. The van der Waals surface area contributed by atoms with Crippen LogP contribution >= 0.6 is 23.4 Å². The molecule has 0 aliphatic carbocycles. The Balaban J connectivity index is 2.10. The Labute approximate surface area is 131 Å². The lowest BCUT2D eigenvalue weighted by Gasteiger charge is -2.16. The highest BCUT2D eigenvalue weighted by Gasteiger charge is 2.35. The van der Waals surface area contributed by atoms with Crippen molar-refractivity contribution >= 4 is 34.4 Å². The predicted octanol–water partition coefficient (Wildman–Crippen LogP) is 1.76. The number of aliphatic hydroxyl groups excluding tert-OH is 2. The molecule has 2 aromatic rings. The number of halogens is 1. The van der Waals surface area contributed by atoms with Gasteiger partial charge in [-0.1, -0.05) is 23.4 Å². The van der Waals surface area contributed by atoms with Crippen LogP contribution in [-0.2, 0) is 4.74 Å². The first kappa shape index (κ1) is 15.1. The van der Waals surface area contributed by atoms with E-state index in [-0.39, 0.29) is 12.8 Å². The molecule has 0 radical (unpaired) electrons. The van der Waals surface area contributed by atoms with Crippen molar-refractivity contribution in [2.75, 3.05) is 12.9 Å². The van der Waals surface area contributed by atoms with Crippen molar-refractivity contribution in [2.45, 2.75) is 36.9 Å². The minimum atomic E-state index is -0.686. The summed E-state index contributed by atoms with van der Waals surface area (Å²) < 4.78 is 7.63. The van der Waals surface area contributed by atoms with E-state index in [4.69, 9.17) is 16.3 Å². The van der Waals surface area contributed by atoms with E-state index in [1.54, 1.807) is 0 Å². The van der Waals surface area contributed by atoms with Crippen LogP contribution in [0.5, 0.6) is 0 Å².